The van der Waals surface area contributed by atoms with Gasteiger partial charge in [-0.2, -0.15) is 0 Å². The number of carboxylic acids is 2. The Morgan fingerprint density at radius 2 is 1.40 bits per heavy atom. The van der Waals surface area contributed by atoms with Crippen LogP contribution in [0.3, 0.4) is 0 Å². The van der Waals surface area contributed by atoms with E-state index in [1.807, 2.05) is 0 Å². The number of carbonyl (C=O) groups excluding carboxylic acids is 2. The molecule has 0 aliphatic carbocycles. The van der Waals surface area contributed by atoms with Crippen LogP contribution in [0.15, 0.2) is 0 Å². The van der Waals surface area contributed by atoms with E-state index >= 15 is 0 Å². The third-order valence-corrected chi connectivity index (χ3v) is 7.59. The van der Waals surface area contributed by atoms with Gasteiger partial charge in [-0.25, -0.2) is 0 Å². The van der Waals surface area contributed by atoms with Crippen LogP contribution < -0.4 is 10.2 Å². The highest BCUT2D eigenvalue weighted by Gasteiger charge is 2.59. The third kappa shape index (κ3) is 6.94. The topological polar surface area (TPSA) is 338 Å². The molecule has 15 atom stereocenters. The first-order chi connectivity index (χ1) is 20.1. The third-order valence-electron chi connectivity index (χ3n) is 7.59. The first kappa shape index (κ1) is 35.8. The van der Waals surface area contributed by atoms with Gasteiger partial charge in [0.2, 0.25) is 11.6 Å². The second-order valence-corrected chi connectivity index (χ2v) is 10.4. The summed E-state index contributed by atoms with van der Waals surface area (Å²) in [6, 6.07) is 0. The van der Waals surface area contributed by atoms with Crippen LogP contribution in [0.25, 0.3) is 0 Å². The van der Waals surface area contributed by atoms with Crippen LogP contribution in [-0.4, -0.2) is 181 Å². The molecule has 3 aliphatic rings. The molecule has 3 heterocycles. The van der Waals surface area contributed by atoms with Gasteiger partial charge in [0.15, 0.2) is 6.29 Å². The Kier molecular flexibility index (Phi) is 11.8. The molecule has 20 heteroatoms. The van der Waals surface area contributed by atoms with Crippen LogP contribution in [0.4, 0.5) is 0 Å². The summed E-state index contributed by atoms with van der Waals surface area (Å²) in [6.07, 6.45) is -27.7. The predicted molar refractivity (Wildman–Crippen MR) is 123 cm³/mol. The van der Waals surface area contributed by atoms with Gasteiger partial charge in [0.1, 0.15) is 73.0 Å². The van der Waals surface area contributed by atoms with Gasteiger partial charge in [0.25, 0.3) is 0 Å². The minimum absolute atomic E-state index is 0.827. The van der Waals surface area contributed by atoms with Crippen molar-refractivity contribution < 1.29 is 99.3 Å². The second-order valence-electron chi connectivity index (χ2n) is 10.4. The number of aliphatic carboxylic acids is 2. The first-order valence-corrected chi connectivity index (χ1v) is 13.0. The first-order valence-electron chi connectivity index (χ1n) is 13.0. The van der Waals surface area contributed by atoms with E-state index in [4.69, 9.17) is 28.4 Å². The zero-order chi connectivity index (χ0) is 32.4. The van der Waals surface area contributed by atoms with E-state index in [1.165, 1.54) is 0 Å². The fourth-order valence-electron chi connectivity index (χ4n) is 5.15. The Bertz CT molecular complexity index is 952. The lowest BCUT2D eigenvalue weighted by Crippen LogP contribution is -2.71. The molecule has 0 radical (unpaired) electrons. The number of hydrogen-bond donors (Lipinski definition) is 10. The molecule has 0 aromatic carbocycles. The van der Waals surface area contributed by atoms with Crippen LogP contribution in [-0.2, 0) is 38.0 Å². The second kappa shape index (κ2) is 14.2. The number of aliphatic hydroxyl groups is 10. The number of aliphatic hydroxyl groups excluding tert-OH is 10. The van der Waals surface area contributed by atoms with Crippen LogP contribution >= 0.6 is 0 Å². The Labute approximate surface area is 242 Å². The van der Waals surface area contributed by atoms with Gasteiger partial charge in [0, 0.05) is 20.0 Å². The molecule has 10 N–H and O–H groups in total. The Balaban J connectivity index is 2.10. The molecular formula is C23H36O20-2. The van der Waals surface area contributed by atoms with E-state index in [-0.39, 0.29) is 0 Å². The van der Waals surface area contributed by atoms with Gasteiger partial charge in [-0.3, -0.25) is 0 Å². The summed E-state index contributed by atoms with van der Waals surface area (Å²) in [7, 11) is 0.827. The largest absolute Gasteiger partial charge is 0.544 e. The van der Waals surface area contributed by atoms with Crippen molar-refractivity contribution in [2.75, 3.05) is 26.9 Å². The van der Waals surface area contributed by atoms with E-state index in [1.54, 1.807) is 0 Å². The number of hydrogen-bond acceptors (Lipinski definition) is 20. The van der Waals surface area contributed by atoms with Gasteiger partial charge in [-0.15, -0.1) is 0 Å². The van der Waals surface area contributed by atoms with Gasteiger partial charge in [-0.05, 0) is 0 Å². The highest BCUT2D eigenvalue weighted by Crippen LogP contribution is 2.41. The summed E-state index contributed by atoms with van der Waals surface area (Å²) < 4.78 is 32.2. The molecule has 0 spiro atoms. The standard InChI is InChI=1S/C23H38O20/c1-38-22(20(34)35)3-10(41-23(21(36)37)2-7(27)12(30)16(42-23)8(28)4-24)18(17(43-22)9(29)5-25)40-19-15(33)14(32)13(31)11(6-26)39-19/h7-19,24-33H,2-6H2,1H3,(H,34,35)(H,36,37)/p-2/t7-,8-,9-,10-,11-,12-,13-,14+,15-,16-,17-,18-,19-,22-,23-/m1/s1. The van der Waals surface area contributed by atoms with E-state index in [9.17, 15) is 70.9 Å². The molecule has 0 aromatic rings. The van der Waals surface area contributed by atoms with Crippen molar-refractivity contribution >= 4 is 11.9 Å². The van der Waals surface area contributed by atoms with Crippen molar-refractivity contribution in [1.82, 2.24) is 0 Å². The zero-order valence-electron chi connectivity index (χ0n) is 22.6. The zero-order valence-corrected chi connectivity index (χ0v) is 22.6. The van der Waals surface area contributed by atoms with E-state index in [0.717, 1.165) is 7.11 Å². The molecule has 3 rings (SSSR count). The maximum atomic E-state index is 12.4. The monoisotopic (exact) mass is 632 g/mol. The summed E-state index contributed by atoms with van der Waals surface area (Å²) in [5.74, 6) is -10.3. The fourth-order valence-corrected chi connectivity index (χ4v) is 5.15. The molecule has 3 saturated heterocycles. The van der Waals surface area contributed by atoms with Crippen LogP contribution in [0.1, 0.15) is 12.8 Å². The van der Waals surface area contributed by atoms with Crippen molar-refractivity contribution in [2.45, 2.75) is 104 Å². The lowest BCUT2D eigenvalue weighted by Gasteiger charge is -2.53. The molecule has 0 bridgehead atoms. The minimum atomic E-state index is -3.14. The number of rotatable bonds is 12. The maximum Gasteiger partial charge on any atom is 0.212 e. The normalized spacial score (nSPS) is 45.3. The van der Waals surface area contributed by atoms with Gasteiger partial charge >= 0.3 is 0 Å². The lowest BCUT2D eigenvalue weighted by molar-refractivity contribution is -0.426. The van der Waals surface area contributed by atoms with Crippen molar-refractivity contribution in [3.8, 4) is 0 Å². The molecule has 0 saturated carbocycles. The smallest absolute Gasteiger partial charge is 0.212 e. The fraction of sp³-hybridized carbons (Fsp3) is 0.913. The quantitative estimate of drug-likeness (QED) is 0.0954. The maximum absolute atomic E-state index is 12.4. The molecule has 0 aromatic heterocycles. The van der Waals surface area contributed by atoms with Gasteiger partial charge in [0.05, 0.1) is 32.0 Å². The number of carbonyl (C=O) groups is 2. The number of methoxy groups -OCH3 is 1. The molecular weight excluding hydrogens is 596 g/mol. The summed E-state index contributed by atoms with van der Waals surface area (Å²) in [4.78, 5) is 24.6. The Morgan fingerprint density at radius 3 is 1.91 bits per heavy atom. The van der Waals surface area contributed by atoms with Crippen molar-refractivity contribution in [2.24, 2.45) is 0 Å². The average Bonchev–Trinajstić information content (AvgIpc) is 2.98. The molecule has 3 aliphatic heterocycles. The van der Waals surface area contributed by atoms with Crippen LogP contribution in [0, 0.1) is 0 Å². The van der Waals surface area contributed by atoms with Crippen molar-refractivity contribution in [1.29, 1.82) is 0 Å². The lowest BCUT2D eigenvalue weighted by atomic mass is 9.89. The molecule has 43 heavy (non-hydrogen) atoms. The molecule has 20 nitrogen and oxygen atoms in total. The molecule has 0 amide bonds. The molecule has 0 unspecified atom stereocenters. The summed E-state index contributed by atoms with van der Waals surface area (Å²) in [5, 5.41) is 125. The minimum Gasteiger partial charge on any atom is -0.544 e. The Morgan fingerprint density at radius 1 is 0.837 bits per heavy atom. The number of ether oxygens (including phenoxy) is 6. The number of carboxylic acid groups (broad SMARTS) is 2. The summed E-state index contributed by atoms with van der Waals surface area (Å²) >= 11 is 0. The predicted octanol–water partition coefficient (Wildman–Crippen LogP) is -9.90. The van der Waals surface area contributed by atoms with Crippen LogP contribution in [0.2, 0.25) is 0 Å². The van der Waals surface area contributed by atoms with E-state index < -0.39 is 136 Å². The molecule has 250 valence electrons. The van der Waals surface area contributed by atoms with Gasteiger partial charge < -0.3 is 99.3 Å². The van der Waals surface area contributed by atoms with Crippen molar-refractivity contribution in [3.63, 3.8) is 0 Å². The summed E-state index contributed by atoms with van der Waals surface area (Å²) in [6.45, 7) is -3.13. The SMILES string of the molecule is CO[C@]1(C(=O)[O-])C[C@@H](O[C@]2(C(=O)[O-])C[C@@H](O)[C@@H](O)[C@@H]([C@H](O)CO)O2)[C@@H](O[C@H]2O[C@H](CO)[C@@H](O)[C@H](O)[C@H]2O)[C@@H]([C@H](O)CO)O1. The summed E-state index contributed by atoms with van der Waals surface area (Å²) in [5.41, 5.74) is 0. The van der Waals surface area contributed by atoms with Gasteiger partial charge in [-0.1, -0.05) is 0 Å². The van der Waals surface area contributed by atoms with E-state index in [2.05, 4.69) is 0 Å². The van der Waals surface area contributed by atoms with Crippen molar-refractivity contribution in [3.05, 3.63) is 0 Å². The van der Waals surface area contributed by atoms with Crippen LogP contribution in [0.5, 0.6) is 0 Å². The van der Waals surface area contributed by atoms with E-state index in [0.29, 0.717) is 0 Å². The highest BCUT2D eigenvalue weighted by molar-refractivity contribution is 5.74. The highest BCUT2D eigenvalue weighted by atomic mass is 16.8. The molecule has 3 fully saturated rings. The average molecular weight is 633 g/mol. The Hall–Kier alpha value is -1.70.